The molecule has 1 aliphatic heterocycles. The van der Waals surface area contributed by atoms with Gasteiger partial charge < -0.3 is 10.0 Å². The molecular formula is C10H12N2O2. The van der Waals surface area contributed by atoms with E-state index in [0.29, 0.717) is 6.42 Å². The zero-order chi connectivity index (χ0) is 10.1. The summed E-state index contributed by atoms with van der Waals surface area (Å²) in [7, 11) is 1.70. The first-order valence-corrected chi connectivity index (χ1v) is 4.55. The predicted octanol–water partition coefficient (Wildman–Crippen LogP) is 0.346. The zero-order valence-corrected chi connectivity index (χ0v) is 7.92. The standard InChI is InChI=1S/C10H12N2O2/c1-12-8(5-9(13)10(12)14)7-3-2-4-11-6-7/h2-4,6,8-9,13H,5H2,1H3/t8-,9-/m0/s1. The van der Waals surface area contributed by atoms with Gasteiger partial charge in [-0.2, -0.15) is 0 Å². The van der Waals surface area contributed by atoms with E-state index < -0.39 is 6.10 Å². The monoisotopic (exact) mass is 192 g/mol. The molecule has 1 N–H and O–H groups in total. The van der Waals surface area contributed by atoms with Crippen molar-refractivity contribution in [3.8, 4) is 0 Å². The molecule has 2 rings (SSSR count). The number of hydrogen-bond acceptors (Lipinski definition) is 3. The number of likely N-dealkylation sites (tertiary alicyclic amines) is 1. The molecule has 0 unspecified atom stereocenters. The van der Waals surface area contributed by atoms with Crippen molar-refractivity contribution in [1.29, 1.82) is 0 Å². The molecule has 1 amide bonds. The second kappa shape index (κ2) is 3.38. The maximum atomic E-state index is 11.3. The molecule has 74 valence electrons. The van der Waals surface area contributed by atoms with Gasteiger partial charge in [-0.25, -0.2) is 0 Å². The number of aliphatic hydroxyl groups is 1. The molecule has 0 aliphatic carbocycles. The predicted molar refractivity (Wildman–Crippen MR) is 50.4 cm³/mol. The Labute approximate surface area is 82.2 Å². The Bertz CT molecular complexity index is 339. The fourth-order valence-corrected chi connectivity index (χ4v) is 1.79. The average Bonchev–Trinajstić information content (AvgIpc) is 2.47. The molecule has 0 bridgehead atoms. The first-order valence-electron chi connectivity index (χ1n) is 4.55. The topological polar surface area (TPSA) is 53.4 Å². The highest BCUT2D eigenvalue weighted by Gasteiger charge is 2.36. The number of rotatable bonds is 1. The summed E-state index contributed by atoms with van der Waals surface area (Å²) < 4.78 is 0. The lowest BCUT2D eigenvalue weighted by Crippen LogP contribution is -2.26. The van der Waals surface area contributed by atoms with Gasteiger partial charge in [-0.1, -0.05) is 6.07 Å². The highest BCUT2D eigenvalue weighted by atomic mass is 16.3. The van der Waals surface area contributed by atoms with Crippen LogP contribution in [0.3, 0.4) is 0 Å². The van der Waals surface area contributed by atoms with Gasteiger partial charge in [0.25, 0.3) is 5.91 Å². The summed E-state index contributed by atoms with van der Waals surface area (Å²) in [6, 6.07) is 3.71. The van der Waals surface area contributed by atoms with Crippen LogP contribution < -0.4 is 0 Å². The van der Waals surface area contributed by atoms with Crippen molar-refractivity contribution in [3.05, 3.63) is 30.1 Å². The van der Waals surface area contributed by atoms with Crippen molar-refractivity contribution in [2.45, 2.75) is 18.6 Å². The maximum absolute atomic E-state index is 11.3. The van der Waals surface area contributed by atoms with Crippen LogP contribution in [0.5, 0.6) is 0 Å². The Morgan fingerprint density at radius 1 is 1.64 bits per heavy atom. The summed E-state index contributed by atoms with van der Waals surface area (Å²) in [5.74, 6) is -0.209. The number of likely N-dealkylation sites (N-methyl/N-ethyl adjacent to an activating group) is 1. The van der Waals surface area contributed by atoms with E-state index in [9.17, 15) is 9.90 Å². The molecule has 1 aromatic heterocycles. The van der Waals surface area contributed by atoms with E-state index in [1.165, 1.54) is 0 Å². The van der Waals surface area contributed by atoms with Crippen molar-refractivity contribution in [3.63, 3.8) is 0 Å². The van der Waals surface area contributed by atoms with E-state index in [1.54, 1.807) is 24.3 Å². The van der Waals surface area contributed by atoms with Crippen molar-refractivity contribution < 1.29 is 9.90 Å². The van der Waals surface area contributed by atoms with Crippen LogP contribution in [-0.4, -0.2) is 34.0 Å². The number of carbonyl (C=O) groups is 1. The molecule has 2 atom stereocenters. The average molecular weight is 192 g/mol. The number of carbonyl (C=O) groups excluding carboxylic acids is 1. The normalized spacial score (nSPS) is 27.0. The van der Waals surface area contributed by atoms with Gasteiger partial charge in [0.05, 0.1) is 6.04 Å². The quantitative estimate of drug-likeness (QED) is 0.698. The molecular weight excluding hydrogens is 180 g/mol. The Morgan fingerprint density at radius 2 is 2.43 bits per heavy atom. The van der Waals surface area contributed by atoms with Crippen LogP contribution in [-0.2, 0) is 4.79 Å². The van der Waals surface area contributed by atoms with Gasteiger partial charge in [-0.3, -0.25) is 9.78 Å². The van der Waals surface area contributed by atoms with Gasteiger partial charge in [-0.15, -0.1) is 0 Å². The third kappa shape index (κ3) is 1.37. The lowest BCUT2D eigenvalue weighted by atomic mass is 10.1. The number of aliphatic hydroxyl groups excluding tert-OH is 1. The Hall–Kier alpha value is -1.42. The first kappa shape index (κ1) is 9.15. The molecule has 2 heterocycles. The maximum Gasteiger partial charge on any atom is 0.251 e. The van der Waals surface area contributed by atoms with Gasteiger partial charge >= 0.3 is 0 Å². The smallest absolute Gasteiger partial charge is 0.251 e. The van der Waals surface area contributed by atoms with Crippen LogP contribution >= 0.6 is 0 Å². The van der Waals surface area contributed by atoms with Crippen molar-refractivity contribution in [1.82, 2.24) is 9.88 Å². The van der Waals surface area contributed by atoms with E-state index in [-0.39, 0.29) is 11.9 Å². The summed E-state index contributed by atoms with van der Waals surface area (Å²) >= 11 is 0. The van der Waals surface area contributed by atoms with Crippen LogP contribution in [0.2, 0.25) is 0 Å². The lowest BCUT2D eigenvalue weighted by molar-refractivity contribution is -0.134. The molecule has 1 aromatic rings. The minimum atomic E-state index is -0.856. The highest BCUT2D eigenvalue weighted by Crippen LogP contribution is 2.30. The van der Waals surface area contributed by atoms with Crippen LogP contribution in [0.1, 0.15) is 18.0 Å². The molecule has 0 saturated carbocycles. The largest absolute Gasteiger partial charge is 0.383 e. The number of amides is 1. The van der Waals surface area contributed by atoms with Crippen LogP contribution in [0, 0.1) is 0 Å². The summed E-state index contributed by atoms with van der Waals surface area (Å²) in [5.41, 5.74) is 0.972. The van der Waals surface area contributed by atoms with E-state index in [0.717, 1.165) is 5.56 Å². The van der Waals surface area contributed by atoms with Crippen molar-refractivity contribution in [2.24, 2.45) is 0 Å². The number of hydrogen-bond donors (Lipinski definition) is 1. The molecule has 0 aromatic carbocycles. The van der Waals surface area contributed by atoms with Gasteiger partial charge in [0, 0.05) is 25.9 Å². The second-order valence-electron chi connectivity index (χ2n) is 3.50. The van der Waals surface area contributed by atoms with Crippen LogP contribution in [0.4, 0.5) is 0 Å². The lowest BCUT2D eigenvalue weighted by Gasteiger charge is -2.18. The number of pyridine rings is 1. The van der Waals surface area contributed by atoms with Gasteiger partial charge in [0.2, 0.25) is 0 Å². The van der Waals surface area contributed by atoms with Gasteiger partial charge in [0.1, 0.15) is 6.10 Å². The van der Waals surface area contributed by atoms with Crippen LogP contribution in [0.25, 0.3) is 0 Å². The van der Waals surface area contributed by atoms with Crippen molar-refractivity contribution in [2.75, 3.05) is 7.05 Å². The summed E-state index contributed by atoms with van der Waals surface area (Å²) in [6.07, 6.45) is 3.02. The molecule has 14 heavy (non-hydrogen) atoms. The SMILES string of the molecule is CN1C(=O)[C@@H](O)C[C@H]1c1cccnc1. The molecule has 4 nitrogen and oxygen atoms in total. The third-order valence-corrected chi connectivity index (χ3v) is 2.62. The first-order chi connectivity index (χ1) is 6.70. The van der Waals surface area contributed by atoms with Gasteiger partial charge in [-0.05, 0) is 11.6 Å². The fraction of sp³-hybridized carbons (Fsp3) is 0.400. The Kier molecular flexibility index (Phi) is 2.21. The molecule has 1 aliphatic rings. The summed E-state index contributed by atoms with van der Waals surface area (Å²) in [5, 5.41) is 9.39. The van der Waals surface area contributed by atoms with E-state index in [2.05, 4.69) is 4.98 Å². The number of aromatic nitrogens is 1. The summed E-state index contributed by atoms with van der Waals surface area (Å²) in [6.45, 7) is 0. The minimum Gasteiger partial charge on any atom is -0.383 e. The van der Waals surface area contributed by atoms with Crippen LogP contribution in [0.15, 0.2) is 24.5 Å². The Balaban J connectivity index is 2.26. The summed E-state index contributed by atoms with van der Waals surface area (Å²) in [4.78, 5) is 16.9. The number of nitrogens with zero attached hydrogens (tertiary/aromatic N) is 2. The third-order valence-electron chi connectivity index (χ3n) is 2.62. The molecule has 4 heteroatoms. The van der Waals surface area contributed by atoms with Crippen molar-refractivity contribution >= 4 is 5.91 Å². The molecule has 1 fully saturated rings. The fourth-order valence-electron chi connectivity index (χ4n) is 1.79. The van der Waals surface area contributed by atoms with Gasteiger partial charge in [0.15, 0.2) is 0 Å². The Morgan fingerprint density at radius 3 is 2.93 bits per heavy atom. The second-order valence-corrected chi connectivity index (χ2v) is 3.50. The molecule has 0 spiro atoms. The molecule has 1 saturated heterocycles. The van der Waals surface area contributed by atoms with E-state index in [4.69, 9.17) is 0 Å². The van der Waals surface area contributed by atoms with E-state index >= 15 is 0 Å². The molecule has 0 radical (unpaired) electrons. The van der Waals surface area contributed by atoms with E-state index in [1.807, 2.05) is 12.1 Å². The minimum absolute atomic E-state index is 0.0359. The zero-order valence-electron chi connectivity index (χ0n) is 7.92. The highest BCUT2D eigenvalue weighted by molar-refractivity contribution is 5.83.